The third-order valence-corrected chi connectivity index (χ3v) is 2.80. The fourth-order valence-electron chi connectivity index (χ4n) is 2.03. The van der Waals surface area contributed by atoms with Crippen molar-refractivity contribution in [2.24, 2.45) is 5.41 Å². The van der Waals surface area contributed by atoms with Crippen LogP contribution in [0.3, 0.4) is 0 Å². The van der Waals surface area contributed by atoms with E-state index in [1.165, 1.54) is 6.92 Å². The molecule has 1 N–H and O–H groups in total. The Bertz CT molecular complexity index is 198. The Labute approximate surface area is 65.2 Å². The Balaban J connectivity index is 1.76. The summed E-state index contributed by atoms with van der Waals surface area (Å²) in [6.45, 7) is 1.50. The van der Waals surface area contributed by atoms with Crippen molar-refractivity contribution in [2.75, 3.05) is 0 Å². The van der Waals surface area contributed by atoms with Crippen LogP contribution in [0.15, 0.2) is 0 Å². The van der Waals surface area contributed by atoms with E-state index in [1.807, 2.05) is 0 Å². The number of amides is 1. The van der Waals surface area contributed by atoms with Gasteiger partial charge in [0, 0.05) is 18.4 Å². The van der Waals surface area contributed by atoms with Gasteiger partial charge in [-0.1, -0.05) is 0 Å². The Morgan fingerprint density at radius 1 is 1.55 bits per heavy atom. The first-order chi connectivity index (χ1) is 5.12. The van der Waals surface area contributed by atoms with Crippen LogP contribution >= 0.6 is 0 Å². The van der Waals surface area contributed by atoms with Crippen LogP contribution in [0.4, 0.5) is 4.39 Å². The minimum absolute atomic E-state index is 0.000841. The van der Waals surface area contributed by atoms with Crippen LogP contribution in [0.1, 0.15) is 26.2 Å². The normalized spacial score (nSPS) is 46.7. The second-order valence-electron chi connectivity index (χ2n) is 3.84. The predicted molar refractivity (Wildman–Crippen MR) is 38.8 cm³/mol. The Hall–Kier alpha value is -0.600. The zero-order valence-electron chi connectivity index (χ0n) is 6.56. The van der Waals surface area contributed by atoms with E-state index in [0.29, 0.717) is 0 Å². The number of rotatable bonds is 1. The van der Waals surface area contributed by atoms with E-state index >= 15 is 0 Å². The summed E-state index contributed by atoms with van der Waals surface area (Å²) in [6, 6.07) is 0.258. The quantitative estimate of drug-likeness (QED) is 0.604. The first-order valence-corrected chi connectivity index (χ1v) is 4.04. The highest BCUT2D eigenvalue weighted by Crippen LogP contribution is 2.62. The zero-order valence-corrected chi connectivity index (χ0v) is 6.56. The van der Waals surface area contributed by atoms with Crippen LogP contribution in [0, 0.1) is 5.41 Å². The van der Waals surface area contributed by atoms with Gasteiger partial charge >= 0.3 is 0 Å². The second-order valence-corrected chi connectivity index (χ2v) is 3.84. The summed E-state index contributed by atoms with van der Waals surface area (Å²) in [4.78, 5) is 10.6. The molecule has 1 amide bonds. The molecule has 2 saturated carbocycles. The van der Waals surface area contributed by atoms with Gasteiger partial charge in [0.2, 0.25) is 5.91 Å². The summed E-state index contributed by atoms with van der Waals surface area (Å²) in [5.41, 5.74) is 0.00706. The van der Waals surface area contributed by atoms with E-state index < -0.39 is 6.17 Å². The molecule has 2 aliphatic carbocycles. The van der Waals surface area contributed by atoms with Crippen molar-refractivity contribution < 1.29 is 9.18 Å². The first kappa shape index (κ1) is 7.07. The molecule has 0 aromatic heterocycles. The van der Waals surface area contributed by atoms with E-state index in [1.54, 1.807) is 0 Å². The molecule has 2 aliphatic rings. The molecule has 1 spiro atoms. The summed E-state index contributed by atoms with van der Waals surface area (Å²) >= 11 is 0. The summed E-state index contributed by atoms with van der Waals surface area (Å²) in [5, 5.41) is 2.79. The standard InChI is InChI=1S/C8H12FNO/c1-5(11)10-6-2-8(3-6)4-7(8)9/h6-7H,2-4H2,1H3,(H,10,11). The number of carbonyl (C=O) groups is 1. The number of nitrogens with one attached hydrogen (secondary N) is 1. The lowest BCUT2D eigenvalue weighted by molar-refractivity contribution is -0.120. The van der Waals surface area contributed by atoms with Crippen molar-refractivity contribution in [3.05, 3.63) is 0 Å². The number of hydrogen-bond acceptors (Lipinski definition) is 1. The van der Waals surface area contributed by atoms with Crippen LogP contribution in [-0.4, -0.2) is 18.1 Å². The maximum Gasteiger partial charge on any atom is 0.217 e. The molecule has 0 aromatic rings. The van der Waals surface area contributed by atoms with E-state index in [2.05, 4.69) is 5.32 Å². The minimum atomic E-state index is -0.576. The number of halogens is 1. The third-order valence-electron chi connectivity index (χ3n) is 2.80. The highest BCUT2D eigenvalue weighted by molar-refractivity contribution is 5.73. The lowest BCUT2D eigenvalue weighted by Crippen LogP contribution is -2.45. The van der Waals surface area contributed by atoms with Gasteiger partial charge in [-0.3, -0.25) is 4.79 Å². The number of carbonyl (C=O) groups excluding carboxylic acids is 1. The van der Waals surface area contributed by atoms with Gasteiger partial charge in [0.25, 0.3) is 0 Å². The average Bonchev–Trinajstić information content (AvgIpc) is 2.38. The molecule has 3 heteroatoms. The fourth-order valence-corrected chi connectivity index (χ4v) is 2.03. The van der Waals surface area contributed by atoms with Crippen LogP contribution < -0.4 is 5.32 Å². The highest BCUT2D eigenvalue weighted by atomic mass is 19.1. The molecular weight excluding hydrogens is 145 g/mol. The zero-order chi connectivity index (χ0) is 8.06. The SMILES string of the molecule is CC(=O)NC1CC2(C1)CC2F. The van der Waals surface area contributed by atoms with Gasteiger partial charge in [0.1, 0.15) is 6.17 Å². The fraction of sp³-hybridized carbons (Fsp3) is 0.875. The van der Waals surface area contributed by atoms with E-state index in [-0.39, 0.29) is 17.4 Å². The molecular formula is C8H12FNO. The lowest BCUT2D eigenvalue weighted by Gasteiger charge is -2.35. The van der Waals surface area contributed by atoms with E-state index in [4.69, 9.17) is 0 Å². The molecule has 2 rings (SSSR count). The Kier molecular flexibility index (Phi) is 1.26. The monoisotopic (exact) mass is 157 g/mol. The summed E-state index contributed by atoms with van der Waals surface area (Å²) < 4.78 is 12.6. The molecule has 62 valence electrons. The molecule has 0 aliphatic heterocycles. The summed E-state index contributed by atoms with van der Waals surface area (Å²) in [5.74, 6) is 0.000841. The third kappa shape index (κ3) is 1.03. The van der Waals surface area contributed by atoms with Crippen LogP contribution in [0.5, 0.6) is 0 Å². The van der Waals surface area contributed by atoms with Gasteiger partial charge in [-0.25, -0.2) is 4.39 Å². The molecule has 0 bridgehead atoms. The molecule has 0 heterocycles. The smallest absolute Gasteiger partial charge is 0.217 e. The van der Waals surface area contributed by atoms with Gasteiger partial charge < -0.3 is 5.32 Å². The minimum Gasteiger partial charge on any atom is -0.354 e. The van der Waals surface area contributed by atoms with E-state index in [9.17, 15) is 9.18 Å². The molecule has 2 fully saturated rings. The summed E-state index contributed by atoms with van der Waals surface area (Å²) in [7, 11) is 0. The first-order valence-electron chi connectivity index (χ1n) is 4.04. The molecule has 0 radical (unpaired) electrons. The van der Waals surface area contributed by atoms with Crippen molar-refractivity contribution in [1.82, 2.24) is 5.32 Å². The lowest BCUT2D eigenvalue weighted by atomic mass is 9.77. The van der Waals surface area contributed by atoms with Crippen molar-refractivity contribution in [1.29, 1.82) is 0 Å². The van der Waals surface area contributed by atoms with Crippen molar-refractivity contribution in [3.63, 3.8) is 0 Å². The summed E-state index contributed by atoms with van der Waals surface area (Å²) in [6.07, 6.45) is 1.86. The molecule has 11 heavy (non-hydrogen) atoms. The topological polar surface area (TPSA) is 29.1 Å². The average molecular weight is 157 g/mol. The van der Waals surface area contributed by atoms with Crippen LogP contribution in [0.25, 0.3) is 0 Å². The maximum absolute atomic E-state index is 12.6. The van der Waals surface area contributed by atoms with Crippen molar-refractivity contribution in [3.8, 4) is 0 Å². The molecule has 0 saturated heterocycles. The molecule has 1 atom stereocenters. The van der Waals surface area contributed by atoms with Crippen molar-refractivity contribution in [2.45, 2.75) is 38.4 Å². The van der Waals surface area contributed by atoms with Gasteiger partial charge in [-0.2, -0.15) is 0 Å². The predicted octanol–water partition coefficient (Wildman–Crippen LogP) is 1.01. The second kappa shape index (κ2) is 1.96. The Morgan fingerprint density at radius 3 is 2.45 bits per heavy atom. The molecule has 2 nitrogen and oxygen atoms in total. The Morgan fingerprint density at radius 2 is 2.09 bits per heavy atom. The van der Waals surface area contributed by atoms with Gasteiger partial charge in [0.05, 0.1) is 0 Å². The molecule has 1 unspecified atom stereocenters. The highest BCUT2D eigenvalue weighted by Gasteiger charge is 2.62. The van der Waals surface area contributed by atoms with Gasteiger partial charge in [-0.15, -0.1) is 0 Å². The van der Waals surface area contributed by atoms with Gasteiger partial charge in [-0.05, 0) is 19.3 Å². The van der Waals surface area contributed by atoms with E-state index in [0.717, 1.165) is 19.3 Å². The van der Waals surface area contributed by atoms with Crippen molar-refractivity contribution >= 4 is 5.91 Å². The maximum atomic E-state index is 12.6. The number of alkyl halides is 1. The van der Waals surface area contributed by atoms with Gasteiger partial charge in [0.15, 0.2) is 0 Å². The van der Waals surface area contributed by atoms with Crippen LogP contribution in [0.2, 0.25) is 0 Å². The number of hydrogen-bond donors (Lipinski definition) is 1. The molecule has 0 aromatic carbocycles. The largest absolute Gasteiger partial charge is 0.354 e. The van der Waals surface area contributed by atoms with Crippen LogP contribution in [-0.2, 0) is 4.79 Å².